The highest BCUT2D eigenvalue weighted by Gasteiger charge is 2.21. The fourth-order valence-electron chi connectivity index (χ4n) is 1.55. The average molecular weight is 271 g/mol. The summed E-state index contributed by atoms with van der Waals surface area (Å²) in [5.41, 5.74) is 1.08. The number of nitrogens with one attached hydrogen (secondary N) is 1. The summed E-state index contributed by atoms with van der Waals surface area (Å²) in [6, 6.07) is 0.767. The van der Waals surface area contributed by atoms with Gasteiger partial charge in [0.2, 0.25) is 0 Å². The molecule has 0 aliphatic carbocycles. The zero-order chi connectivity index (χ0) is 13.7. The Morgan fingerprint density at radius 1 is 1.61 bits per heavy atom. The van der Waals surface area contributed by atoms with Gasteiger partial charge in [0.05, 0.1) is 5.69 Å². The van der Waals surface area contributed by atoms with E-state index in [0.29, 0.717) is 17.9 Å². The maximum absolute atomic E-state index is 11.9. The Morgan fingerprint density at radius 3 is 2.72 bits per heavy atom. The van der Waals surface area contributed by atoms with Crippen LogP contribution in [-0.4, -0.2) is 44.8 Å². The van der Waals surface area contributed by atoms with Crippen molar-refractivity contribution in [3.8, 4) is 0 Å². The monoisotopic (exact) mass is 271 g/mol. The summed E-state index contributed by atoms with van der Waals surface area (Å²) in [7, 11) is 1.65. The number of nitrogens with zero attached hydrogens (tertiary/aromatic N) is 2. The average Bonchev–Trinajstić information content (AvgIpc) is 2.63. The van der Waals surface area contributed by atoms with Gasteiger partial charge in [-0.3, -0.25) is 9.48 Å². The molecular formula is C11H17N3O3S. The number of aryl methyl sites for hydroxylation is 2. The molecule has 1 amide bonds. The van der Waals surface area contributed by atoms with Crippen LogP contribution in [0.15, 0.2) is 6.07 Å². The van der Waals surface area contributed by atoms with Crippen molar-refractivity contribution >= 4 is 23.6 Å². The number of hydrogen-bond donors (Lipinski definition) is 2. The van der Waals surface area contributed by atoms with E-state index in [0.717, 1.165) is 5.69 Å². The molecule has 0 unspecified atom stereocenters. The van der Waals surface area contributed by atoms with E-state index in [4.69, 9.17) is 5.11 Å². The number of carbonyl (C=O) groups is 2. The largest absolute Gasteiger partial charge is 0.480 e. The van der Waals surface area contributed by atoms with Crippen LogP contribution in [0, 0.1) is 6.92 Å². The van der Waals surface area contributed by atoms with E-state index < -0.39 is 17.9 Å². The highest BCUT2D eigenvalue weighted by Crippen LogP contribution is 2.05. The topological polar surface area (TPSA) is 84.2 Å². The van der Waals surface area contributed by atoms with E-state index in [-0.39, 0.29) is 0 Å². The van der Waals surface area contributed by atoms with Gasteiger partial charge in [-0.25, -0.2) is 4.79 Å². The number of rotatable bonds is 6. The molecule has 0 bridgehead atoms. The minimum absolute atomic E-state index is 0.364. The van der Waals surface area contributed by atoms with Gasteiger partial charge < -0.3 is 10.4 Å². The number of amides is 1. The van der Waals surface area contributed by atoms with Crippen LogP contribution in [0.2, 0.25) is 0 Å². The second-order valence-electron chi connectivity index (χ2n) is 3.94. The number of carbonyl (C=O) groups excluding carboxylic acids is 1. The SMILES string of the molecule is CSCC[C@@H](NC(=O)c1cc(C)nn1C)C(=O)O. The lowest BCUT2D eigenvalue weighted by atomic mass is 10.2. The third kappa shape index (κ3) is 3.76. The van der Waals surface area contributed by atoms with E-state index in [9.17, 15) is 9.59 Å². The van der Waals surface area contributed by atoms with Crippen LogP contribution in [0.5, 0.6) is 0 Å². The highest BCUT2D eigenvalue weighted by molar-refractivity contribution is 7.98. The zero-order valence-electron chi connectivity index (χ0n) is 10.6. The first-order chi connectivity index (χ1) is 8.45. The second kappa shape index (κ2) is 6.44. The lowest BCUT2D eigenvalue weighted by molar-refractivity contribution is -0.139. The normalized spacial score (nSPS) is 12.2. The molecule has 2 N–H and O–H groups in total. The molecule has 0 radical (unpaired) electrons. The van der Waals surface area contributed by atoms with E-state index in [1.54, 1.807) is 31.8 Å². The van der Waals surface area contributed by atoms with Gasteiger partial charge in [-0.15, -0.1) is 0 Å². The van der Waals surface area contributed by atoms with Crippen LogP contribution in [0.4, 0.5) is 0 Å². The molecule has 0 aromatic carbocycles. The molecule has 1 atom stereocenters. The summed E-state index contributed by atoms with van der Waals surface area (Å²) >= 11 is 1.55. The van der Waals surface area contributed by atoms with Crippen molar-refractivity contribution in [2.45, 2.75) is 19.4 Å². The van der Waals surface area contributed by atoms with Crippen LogP contribution in [0.25, 0.3) is 0 Å². The Kier molecular flexibility index (Phi) is 5.21. The number of aliphatic carboxylic acids is 1. The van der Waals surface area contributed by atoms with Gasteiger partial charge in [-0.05, 0) is 31.4 Å². The second-order valence-corrected chi connectivity index (χ2v) is 4.93. The smallest absolute Gasteiger partial charge is 0.326 e. The van der Waals surface area contributed by atoms with Crippen molar-refractivity contribution in [3.05, 3.63) is 17.5 Å². The first kappa shape index (κ1) is 14.6. The van der Waals surface area contributed by atoms with Crippen LogP contribution in [0.1, 0.15) is 22.6 Å². The molecule has 0 spiro atoms. The van der Waals surface area contributed by atoms with Crippen molar-refractivity contribution in [3.63, 3.8) is 0 Å². The first-order valence-corrected chi connectivity index (χ1v) is 6.88. The summed E-state index contributed by atoms with van der Waals surface area (Å²) in [5, 5.41) is 15.6. The molecule has 7 heteroatoms. The van der Waals surface area contributed by atoms with Crippen molar-refractivity contribution in [1.29, 1.82) is 0 Å². The molecule has 0 aliphatic heterocycles. The third-order valence-corrected chi connectivity index (χ3v) is 3.09. The number of carboxylic acid groups (broad SMARTS) is 1. The summed E-state index contributed by atoms with van der Waals surface area (Å²) in [5.74, 6) is -0.746. The lowest BCUT2D eigenvalue weighted by Crippen LogP contribution is -2.41. The zero-order valence-corrected chi connectivity index (χ0v) is 11.5. The van der Waals surface area contributed by atoms with Crippen molar-refractivity contribution in [1.82, 2.24) is 15.1 Å². The van der Waals surface area contributed by atoms with Gasteiger partial charge >= 0.3 is 5.97 Å². The molecule has 1 aromatic heterocycles. The Hall–Kier alpha value is -1.50. The van der Waals surface area contributed by atoms with Gasteiger partial charge in [0.15, 0.2) is 0 Å². The van der Waals surface area contributed by atoms with E-state index in [2.05, 4.69) is 10.4 Å². The van der Waals surface area contributed by atoms with Crippen LogP contribution < -0.4 is 5.32 Å². The molecule has 0 saturated carbocycles. The maximum Gasteiger partial charge on any atom is 0.326 e. The van der Waals surface area contributed by atoms with Gasteiger partial charge in [0, 0.05) is 7.05 Å². The molecule has 0 saturated heterocycles. The lowest BCUT2D eigenvalue weighted by Gasteiger charge is -2.13. The van der Waals surface area contributed by atoms with Gasteiger partial charge in [-0.2, -0.15) is 16.9 Å². The predicted molar refractivity (Wildman–Crippen MR) is 69.8 cm³/mol. The van der Waals surface area contributed by atoms with Crippen LogP contribution >= 0.6 is 11.8 Å². The third-order valence-electron chi connectivity index (χ3n) is 2.45. The molecule has 1 heterocycles. The van der Waals surface area contributed by atoms with E-state index in [1.807, 2.05) is 6.26 Å². The molecular weight excluding hydrogens is 254 g/mol. The number of hydrogen-bond acceptors (Lipinski definition) is 4. The molecule has 0 fully saturated rings. The molecule has 100 valence electrons. The summed E-state index contributed by atoms with van der Waals surface area (Å²) in [6.07, 6.45) is 2.30. The van der Waals surface area contributed by atoms with Crippen molar-refractivity contribution in [2.24, 2.45) is 7.05 Å². The fraction of sp³-hybridized carbons (Fsp3) is 0.545. The van der Waals surface area contributed by atoms with E-state index in [1.165, 1.54) is 4.68 Å². The summed E-state index contributed by atoms with van der Waals surface area (Å²) < 4.78 is 1.44. The Labute approximate surface area is 110 Å². The molecule has 1 aromatic rings. The fourth-order valence-corrected chi connectivity index (χ4v) is 2.02. The summed E-state index contributed by atoms with van der Waals surface area (Å²) in [6.45, 7) is 1.78. The summed E-state index contributed by atoms with van der Waals surface area (Å²) in [4.78, 5) is 22.9. The minimum atomic E-state index is -1.02. The standard InChI is InChI=1S/C11H17N3O3S/c1-7-6-9(14(2)13-7)10(15)12-8(11(16)17)4-5-18-3/h6,8H,4-5H2,1-3H3,(H,12,15)(H,16,17)/t8-/m1/s1. The van der Waals surface area contributed by atoms with Crippen molar-refractivity contribution < 1.29 is 14.7 Å². The molecule has 18 heavy (non-hydrogen) atoms. The van der Waals surface area contributed by atoms with E-state index >= 15 is 0 Å². The molecule has 6 nitrogen and oxygen atoms in total. The van der Waals surface area contributed by atoms with Gasteiger partial charge in [0.25, 0.3) is 5.91 Å². The van der Waals surface area contributed by atoms with Gasteiger partial charge in [-0.1, -0.05) is 0 Å². The minimum Gasteiger partial charge on any atom is -0.480 e. The first-order valence-electron chi connectivity index (χ1n) is 5.49. The molecule has 0 aliphatic rings. The van der Waals surface area contributed by atoms with Crippen LogP contribution in [-0.2, 0) is 11.8 Å². The van der Waals surface area contributed by atoms with Crippen LogP contribution in [0.3, 0.4) is 0 Å². The highest BCUT2D eigenvalue weighted by atomic mass is 32.2. The maximum atomic E-state index is 11.9. The Morgan fingerprint density at radius 2 is 2.28 bits per heavy atom. The Balaban J connectivity index is 2.72. The van der Waals surface area contributed by atoms with Crippen molar-refractivity contribution in [2.75, 3.05) is 12.0 Å². The quantitative estimate of drug-likeness (QED) is 0.794. The number of thioether (sulfide) groups is 1. The molecule has 1 rings (SSSR count). The number of aromatic nitrogens is 2. The predicted octanol–water partition coefficient (Wildman–Crippen LogP) is 0.665. The number of carboxylic acids is 1. The van der Waals surface area contributed by atoms with Gasteiger partial charge in [0.1, 0.15) is 11.7 Å². The Bertz CT molecular complexity index is 445.